The Balaban J connectivity index is 1.75. The minimum absolute atomic E-state index is 0.483. The molecule has 0 amide bonds. The lowest BCUT2D eigenvalue weighted by molar-refractivity contribution is 0.143. The molecule has 2 aliphatic rings. The maximum atomic E-state index is 3.54. The molecule has 2 heterocycles. The number of anilines is 1. The largest absolute Gasteiger partial charge is 0.388 e. The van der Waals surface area contributed by atoms with Crippen LogP contribution in [0.25, 0.3) is 0 Å². The van der Waals surface area contributed by atoms with Crippen LogP contribution in [0.1, 0.15) is 28.7 Å². The zero-order valence-corrected chi connectivity index (χ0v) is 13.0. The lowest BCUT2D eigenvalue weighted by Gasteiger charge is -2.44. The van der Waals surface area contributed by atoms with Crippen LogP contribution in [-0.4, -0.2) is 38.1 Å². The van der Waals surface area contributed by atoms with Crippen LogP contribution >= 0.6 is 0 Å². The summed E-state index contributed by atoms with van der Waals surface area (Å²) in [4.78, 5) is 2.65. The molecule has 0 saturated carbocycles. The summed E-state index contributed by atoms with van der Waals surface area (Å²) >= 11 is 0. The molecule has 0 aromatic heterocycles. The van der Waals surface area contributed by atoms with Crippen LogP contribution in [0.3, 0.4) is 0 Å². The molecule has 0 unspecified atom stereocenters. The van der Waals surface area contributed by atoms with Crippen LogP contribution in [0, 0.1) is 0 Å². The summed E-state index contributed by atoms with van der Waals surface area (Å²) in [7, 11) is 1.97. The van der Waals surface area contributed by atoms with Crippen molar-refractivity contribution < 1.29 is 0 Å². The lowest BCUT2D eigenvalue weighted by Crippen LogP contribution is -2.50. The Morgan fingerprint density at radius 1 is 1.05 bits per heavy atom. The maximum Gasteiger partial charge on any atom is 0.0476 e. The molecule has 0 spiro atoms. The van der Waals surface area contributed by atoms with Crippen molar-refractivity contribution in [3.8, 4) is 0 Å². The molecule has 1 fully saturated rings. The Bertz CT molecular complexity index is 650. The molecular formula is C19H23N3. The Kier molecular flexibility index (Phi) is 3.60. The normalized spacial score (nSPS) is 24.4. The number of piperazine rings is 1. The molecule has 0 bridgehead atoms. The van der Waals surface area contributed by atoms with Crippen molar-refractivity contribution >= 4 is 5.69 Å². The van der Waals surface area contributed by atoms with Gasteiger partial charge in [-0.3, -0.25) is 4.90 Å². The summed E-state index contributed by atoms with van der Waals surface area (Å²) in [5, 5.41) is 6.75. The number of fused-ring (bicyclic) bond motifs is 3. The van der Waals surface area contributed by atoms with Crippen molar-refractivity contribution in [2.45, 2.75) is 12.0 Å². The Labute approximate surface area is 132 Å². The predicted molar refractivity (Wildman–Crippen MR) is 91.5 cm³/mol. The molecule has 2 N–H and O–H groups in total. The van der Waals surface area contributed by atoms with E-state index in [0.29, 0.717) is 12.0 Å². The Hall–Kier alpha value is -1.84. The maximum absolute atomic E-state index is 3.54. The molecule has 0 aliphatic carbocycles. The average Bonchev–Trinajstić information content (AvgIpc) is 2.61. The van der Waals surface area contributed by atoms with Crippen LogP contribution in [0.4, 0.5) is 5.69 Å². The molecule has 2 aromatic carbocycles. The number of hydrogen-bond acceptors (Lipinski definition) is 3. The van der Waals surface area contributed by atoms with Crippen molar-refractivity contribution in [3.63, 3.8) is 0 Å². The van der Waals surface area contributed by atoms with E-state index in [0.717, 1.165) is 26.2 Å². The van der Waals surface area contributed by atoms with Gasteiger partial charge in [0.1, 0.15) is 0 Å². The summed E-state index contributed by atoms with van der Waals surface area (Å²) in [6, 6.07) is 18.4. The van der Waals surface area contributed by atoms with Gasteiger partial charge in [0.15, 0.2) is 0 Å². The van der Waals surface area contributed by atoms with E-state index < -0.39 is 0 Å². The van der Waals surface area contributed by atoms with E-state index in [1.54, 1.807) is 0 Å². The first-order chi connectivity index (χ1) is 10.9. The topological polar surface area (TPSA) is 27.3 Å². The minimum atomic E-state index is 0.483. The molecule has 2 aliphatic heterocycles. The van der Waals surface area contributed by atoms with Crippen molar-refractivity contribution in [1.82, 2.24) is 10.2 Å². The van der Waals surface area contributed by atoms with Gasteiger partial charge in [0, 0.05) is 50.9 Å². The molecule has 3 heteroatoms. The van der Waals surface area contributed by atoms with Gasteiger partial charge in [-0.15, -0.1) is 0 Å². The first-order valence-electron chi connectivity index (χ1n) is 8.18. The van der Waals surface area contributed by atoms with Gasteiger partial charge in [-0.2, -0.15) is 0 Å². The van der Waals surface area contributed by atoms with E-state index >= 15 is 0 Å². The van der Waals surface area contributed by atoms with Crippen LogP contribution in [0.15, 0.2) is 48.5 Å². The molecule has 2 atom stereocenters. The van der Waals surface area contributed by atoms with E-state index in [4.69, 9.17) is 0 Å². The average molecular weight is 293 g/mol. The highest BCUT2D eigenvalue weighted by atomic mass is 15.2. The zero-order valence-electron chi connectivity index (χ0n) is 13.0. The number of nitrogens with zero attached hydrogens (tertiary/aromatic N) is 1. The molecule has 0 radical (unpaired) electrons. The van der Waals surface area contributed by atoms with Gasteiger partial charge < -0.3 is 10.6 Å². The summed E-state index contributed by atoms with van der Waals surface area (Å²) < 4.78 is 0. The third-order valence-corrected chi connectivity index (χ3v) is 5.10. The molecule has 3 nitrogen and oxygen atoms in total. The number of benzene rings is 2. The first-order valence-corrected chi connectivity index (χ1v) is 8.18. The van der Waals surface area contributed by atoms with E-state index in [2.05, 4.69) is 64.1 Å². The van der Waals surface area contributed by atoms with Crippen LogP contribution in [0.2, 0.25) is 0 Å². The van der Waals surface area contributed by atoms with Gasteiger partial charge >= 0.3 is 0 Å². The standard InChI is InChI=1S/C19H23N3/c1-20-15-8-6-14(7-9-15)18-13-22-11-10-21-12-19(22)17-5-3-2-4-16(17)18/h2-9,18-21H,10-13H2,1H3/t18-,19+/m1/s1. The summed E-state index contributed by atoms with van der Waals surface area (Å²) in [6.45, 7) is 4.44. The Morgan fingerprint density at radius 2 is 1.82 bits per heavy atom. The van der Waals surface area contributed by atoms with Gasteiger partial charge in [0.2, 0.25) is 0 Å². The lowest BCUT2D eigenvalue weighted by atomic mass is 9.81. The van der Waals surface area contributed by atoms with Crippen LogP contribution < -0.4 is 10.6 Å². The highest BCUT2D eigenvalue weighted by Crippen LogP contribution is 2.39. The summed E-state index contributed by atoms with van der Waals surface area (Å²) in [5.41, 5.74) is 5.60. The first kappa shape index (κ1) is 13.8. The van der Waals surface area contributed by atoms with Crippen molar-refractivity contribution in [3.05, 3.63) is 65.2 Å². The Morgan fingerprint density at radius 3 is 2.59 bits per heavy atom. The number of hydrogen-bond donors (Lipinski definition) is 2. The zero-order chi connectivity index (χ0) is 14.9. The van der Waals surface area contributed by atoms with Crippen molar-refractivity contribution in [2.75, 3.05) is 38.5 Å². The predicted octanol–water partition coefficient (Wildman–Crippen LogP) is 2.82. The fourth-order valence-corrected chi connectivity index (χ4v) is 3.90. The third kappa shape index (κ3) is 2.31. The summed E-state index contributed by atoms with van der Waals surface area (Å²) in [5.74, 6) is 0.483. The molecule has 1 saturated heterocycles. The second-order valence-electron chi connectivity index (χ2n) is 6.27. The minimum Gasteiger partial charge on any atom is -0.388 e. The quantitative estimate of drug-likeness (QED) is 0.891. The number of rotatable bonds is 2. The highest BCUT2D eigenvalue weighted by molar-refractivity contribution is 5.48. The van der Waals surface area contributed by atoms with E-state index in [1.165, 1.54) is 22.4 Å². The van der Waals surface area contributed by atoms with Crippen LogP contribution in [0.5, 0.6) is 0 Å². The molecular weight excluding hydrogens is 270 g/mol. The highest BCUT2D eigenvalue weighted by Gasteiger charge is 2.34. The van der Waals surface area contributed by atoms with E-state index in [9.17, 15) is 0 Å². The van der Waals surface area contributed by atoms with Gasteiger partial charge in [0.05, 0.1) is 0 Å². The fourth-order valence-electron chi connectivity index (χ4n) is 3.90. The second kappa shape index (κ2) is 5.75. The monoisotopic (exact) mass is 293 g/mol. The van der Waals surface area contributed by atoms with Gasteiger partial charge in [-0.25, -0.2) is 0 Å². The van der Waals surface area contributed by atoms with Gasteiger partial charge in [-0.1, -0.05) is 36.4 Å². The fraction of sp³-hybridized carbons (Fsp3) is 0.368. The van der Waals surface area contributed by atoms with E-state index in [-0.39, 0.29) is 0 Å². The van der Waals surface area contributed by atoms with Crippen molar-refractivity contribution in [2.24, 2.45) is 0 Å². The SMILES string of the molecule is CNc1ccc([C@H]2CN3CCNC[C@H]3c3ccccc32)cc1. The number of nitrogens with one attached hydrogen (secondary N) is 2. The second-order valence-corrected chi connectivity index (χ2v) is 6.27. The molecule has 2 aromatic rings. The van der Waals surface area contributed by atoms with Gasteiger partial charge in [0.25, 0.3) is 0 Å². The molecule has 114 valence electrons. The van der Waals surface area contributed by atoms with Gasteiger partial charge in [-0.05, 0) is 28.8 Å². The van der Waals surface area contributed by atoms with Crippen LogP contribution in [-0.2, 0) is 0 Å². The van der Waals surface area contributed by atoms with Crippen molar-refractivity contribution in [1.29, 1.82) is 0 Å². The molecule has 22 heavy (non-hydrogen) atoms. The molecule has 4 rings (SSSR count). The van der Waals surface area contributed by atoms with E-state index in [1.807, 2.05) is 7.05 Å². The smallest absolute Gasteiger partial charge is 0.0476 e. The third-order valence-electron chi connectivity index (χ3n) is 5.10. The summed E-state index contributed by atoms with van der Waals surface area (Å²) in [6.07, 6.45) is 0.